The van der Waals surface area contributed by atoms with Crippen LogP contribution in [-0.2, 0) is 17.9 Å². The maximum absolute atomic E-state index is 13.6. The third-order valence-corrected chi connectivity index (χ3v) is 6.48. The molecule has 0 unspecified atom stereocenters. The van der Waals surface area contributed by atoms with Crippen molar-refractivity contribution < 1.29 is 14.0 Å². The van der Waals surface area contributed by atoms with E-state index in [1.165, 1.54) is 6.42 Å². The molecule has 1 aromatic carbocycles. The van der Waals surface area contributed by atoms with Crippen LogP contribution in [0.2, 0.25) is 0 Å². The Morgan fingerprint density at radius 2 is 2.00 bits per heavy atom. The Labute approximate surface area is 175 Å². The molecule has 7 nitrogen and oxygen atoms in total. The van der Waals surface area contributed by atoms with Crippen LogP contribution >= 0.6 is 0 Å². The molecule has 0 radical (unpaired) electrons. The average molecular weight is 406 g/mol. The maximum atomic E-state index is 13.6. The van der Waals surface area contributed by atoms with Crippen molar-refractivity contribution in [3.8, 4) is 0 Å². The summed E-state index contributed by atoms with van der Waals surface area (Å²) in [5.41, 5.74) is 0.587. The third-order valence-electron chi connectivity index (χ3n) is 6.48. The minimum atomic E-state index is -1.04. The largest absolute Gasteiger partial charge is 0.467 e. The predicted octanol–water partition coefficient (Wildman–Crippen LogP) is 3.49. The van der Waals surface area contributed by atoms with Crippen LogP contribution in [0.1, 0.15) is 55.4 Å². The Bertz CT molecular complexity index is 1080. The van der Waals surface area contributed by atoms with E-state index >= 15 is 0 Å². The number of para-hydroxylation sites is 2. The predicted molar refractivity (Wildman–Crippen MR) is 112 cm³/mol. The number of nitrogens with zero attached hydrogens (tertiary/aromatic N) is 3. The monoisotopic (exact) mass is 406 g/mol. The van der Waals surface area contributed by atoms with Crippen LogP contribution in [0.15, 0.2) is 47.1 Å². The minimum absolute atomic E-state index is 0.113. The van der Waals surface area contributed by atoms with Gasteiger partial charge in [-0.3, -0.25) is 9.59 Å². The van der Waals surface area contributed by atoms with E-state index in [0.717, 1.165) is 36.7 Å². The van der Waals surface area contributed by atoms with Crippen molar-refractivity contribution in [1.82, 2.24) is 19.8 Å². The fourth-order valence-corrected chi connectivity index (χ4v) is 4.72. The quantitative estimate of drug-likeness (QED) is 0.719. The molecule has 2 aliphatic rings. The molecule has 0 saturated heterocycles. The second-order valence-electron chi connectivity index (χ2n) is 8.56. The van der Waals surface area contributed by atoms with Gasteiger partial charge >= 0.3 is 0 Å². The van der Waals surface area contributed by atoms with E-state index < -0.39 is 5.54 Å². The summed E-state index contributed by atoms with van der Waals surface area (Å²) in [6.07, 6.45) is 7.05. The standard InChI is InChI=1S/C23H26N4O3/c1-23(22(29)24-16-8-3-2-4-9-16)15-26-19-12-6-5-11-18(19)25-20(26)21(28)27(23)14-17-10-7-13-30-17/h5-7,10-13,16H,2-4,8-9,14-15H2,1H3,(H,24,29)/t23-/m0/s1. The van der Waals surface area contributed by atoms with Crippen LogP contribution < -0.4 is 5.32 Å². The molecule has 7 heteroatoms. The molecule has 1 fully saturated rings. The normalized spacial score (nSPS) is 22.3. The highest BCUT2D eigenvalue weighted by molar-refractivity contribution is 6.01. The van der Waals surface area contributed by atoms with Gasteiger partial charge in [0.05, 0.1) is 30.4 Å². The Morgan fingerprint density at radius 3 is 2.77 bits per heavy atom. The first kappa shape index (κ1) is 18.9. The molecule has 3 heterocycles. The van der Waals surface area contributed by atoms with Gasteiger partial charge in [-0.1, -0.05) is 31.4 Å². The Kier molecular flexibility index (Phi) is 4.60. The highest BCUT2D eigenvalue weighted by Crippen LogP contribution is 2.32. The SMILES string of the molecule is C[C@@]1(C(=O)NC2CCCCC2)Cn2c(nc3ccccc32)C(=O)N1Cc1ccco1. The van der Waals surface area contributed by atoms with Crippen molar-refractivity contribution in [2.45, 2.75) is 63.7 Å². The van der Waals surface area contributed by atoms with E-state index in [0.29, 0.717) is 18.1 Å². The molecule has 1 saturated carbocycles. The molecule has 156 valence electrons. The molecular formula is C23H26N4O3. The van der Waals surface area contributed by atoms with Gasteiger partial charge in [-0.25, -0.2) is 4.98 Å². The lowest BCUT2D eigenvalue weighted by Crippen LogP contribution is -2.64. The fraction of sp³-hybridized carbons (Fsp3) is 0.435. The Hall–Kier alpha value is -3.09. The lowest BCUT2D eigenvalue weighted by Gasteiger charge is -2.44. The van der Waals surface area contributed by atoms with E-state index in [-0.39, 0.29) is 24.4 Å². The molecule has 1 aliphatic carbocycles. The van der Waals surface area contributed by atoms with Crippen molar-refractivity contribution in [2.24, 2.45) is 0 Å². The summed E-state index contributed by atoms with van der Waals surface area (Å²) in [5.74, 6) is 0.642. The number of aromatic nitrogens is 2. The van der Waals surface area contributed by atoms with E-state index in [4.69, 9.17) is 4.42 Å². The fourth-order valence-electron chi connectivity index (χ4n) is 4.72. The molecular weight excluding hydrogens is 380 g/mol. The van der Waals surface area contributed by atoms with Crippen molar-refractivity contribution in [1.29, 1.82) is 0 Å². The van der Waals surface area contributed by atoms with E-state index in [2.05, 4.69) is 10.3 Å². The number of hydrogen-bond acceptors (Lipinski definition) is 4. The summed E-state index contributed by atoms with van der Waals surface area (Å²) in [4.78, 5) is 33.3. The van der Waals surface area contributed by atoms with Gasteiger partial charge in [0.25, 0.3) is 5.91 Å². The van der Waals surface area contributed by atoms with E-state index in [1.807, 2.05) is 41.8 Å². The number of fused-ring (bicyclic) bond motifs is 3. The summed E-state index contributed by atoms with van der Waals surface area (Å²) in [5, 5.41) is 3.23. The van der Waals surface area contributed by atoms with Gasteiger partial charge in [0.15, 0.2) is 5.82 Å². The zero-order chi connectivity index (χ0) is 20.7. The number of hydrogen-bond donors (Lipinski definition) is 1. The number of carbonyl (C=O) groups is 2. The van der Waals surface area contributed by atoms with Gasteiger partial charge in [-0.2, -0.15) is 0 Å². The second kappa shape index (κ2) is 7.31. The first-order valence-electron chi connectivity index (χ1n) is 10.7. The van der Waals surface area contributed by atoms with Crippen molar-refractivity contribution in [3.63, 3.8) is 0 Å². The summed E-state index contributed by atoms with van der Waals surface area (Å²) in [6, 6.07) is 11.5. The molecule has 3 aromatic rings. The first-order chi connectivity index (χ1) is 14.6. The summed E-state index contributed by atoms with van der Waals surface area (Å²) in [7, 11) is 0. The molecule has 1 N–H and O–H groups in total. The summed E-state index contributed by atoms with van der Waals surface area (Å²) in [6.45, 7) is 2.43. The van der Waals surface area contributed by atoms with Crippen molar-refractivity contribution in [2.75, 3.05) is 0 Å². The molecule has 1 aliphatic heterocycles. The van der Waals surface area contributed by atoms with E-state index in [9.17, 15) is 9.59 Å². The molecule has 30 heavy (non-hydrogen) atoms. The lowest BCUT2D eigenvalue weighted by molar-refractivity contribution is -0.134. The van der Waals surface area contributed by atoms with Gasteiger partial charge in [0.1, 0.15) is 11.3 Å². The first-order valence-corrected chi connectivity index (χ1v) is 10.7. The Morgan fingerprint density at radius 1 is 1.20 bits per heavy atom. The molecule has 2 amide bonds. The molecule has 0 spiro atoms. The highest BCUT2D eigenvalue weighted by Gasteiger charge is 2.49. The van der Waals surface area contributed by atoms with Crippen LogP contribution in [0.25, 0.3) is 11.0 Å². The van der Waals surface area contributed by atoms with Gasteiger partial charge in [-0.15, -0.1) is 0 Å². The summed E-state index contributed by atoms with van der Waals surface area (Å²) < 4.78 is 7.39. The minimum Gasteiger partial charge on any atom is -0.467 e. The van der Waals surface area contributed by atoms with Crippen LogP contribution in [0.4, 0.5) is 0 Å². The number of amides is 2. The Balaban J connectivity index is 1.54. The highest BCUT2D eigenvalue weighted by atomic mass is 16.3. The molecule has 0 bridgehead atoms. The average Bonchev–Trinajstić information content (AvgIpc) is 3.40. The molecule has 1 atom stereocenters. The number of rotatable bonds is 4. The maximum Gasteiger partial charge on any atom is 0.291 e. The second-order valence-corrected chi connectivity index (χ2v) is 8.56. The van der Waals surface area contributed by atoms with Gasteiger partial charge in [0.2, 0.25) is 5.91 Å². The zero-order valence-electron chi connectivity index (χ0n) is 17.1. The summed E-state index contributed by atoms with van der Waals surface area (Å²) >= 11 is 0. The van der Waals surface area contributed by atoms with E-state index in [1.54, 1.807) is 17.2 Å². The number of benzene rings is 1. The number of nitrogens with one attached hydrogen (secondary N) is 1. The van der Waals surface area contributed by atoms with Crippen LogP contribution in [0.3, 0.4) is 0 Å². The van der Waals surface area contributed by atoms with Crippen LogP contribution in [0, 0.1) is 0 Å². The number of imidazole rings is 1. The van der Waals surface area contributed by atoms with Gasteiger partial charge in [0, 0.05) is 6.04 Å². The van der Waals surface area contributed by atoms with Crippen LogP contribution in [0.5, 0.6) is 0 Å². The van der Waals surface area contributed by atoms with Crippen LogP contribution in [-0.4, -0.2) is 37.8 Å². The van der Waals surface area contributed by atoms with Gasteiger partial charge in [-0.05, 0) is 44.0 Å². The van der Waals surface area contributed by atoms with Crippen molar-refractivity contribution >= 4 is 22.8 Å². The smallest absolute Gasteiger partial charge is 0.291 e. The lowest BCUT2D eigenvalue weighted by atomic mass is 9.91. The molecule has 2 aromatic heterocycles. The number of furan rings is 1. The zero-order valence-corrected chi connectivity index (χ0v) is 17.1. The van der Waals surface area contributed by atoms with Gasteiger partial charge < -0.3 is 19.2 Å². The van der Waals surface area contributed by atoms with Crippen molar-refractivity contribution in [3.05, 3.63) is 54.2 Å². The topological polar surface area (TPSA) is 80.4 Å². The molecule has 5 rings (SSSR count). The number of carbonyl (C=O) groups excluding carboxylic acids is 2. The third kappa shape index (κ3) is 3.09.